The van der Waals surface area contributed by atoms with Crippen molar-refractivity contribution in [2.75, 3.05) is 18.2 Å². The van der Waals surface area contributed by atoms with Gasteiger partial charge in [-0.25, -0.2) is 4.68 Å². The number of methoxy groups -OCH3 is 1. The maximum Gasteiger partial charge on any atom is 0.227 e. The molecule has 0 radical (unpaired) electrons. The van der Waals surface area contributed by atoms with Gasteiger partial charge in [0.2, 0.25) is 11.1 Å². The van der Waals surface area contributed by atoms with Crippen molar-refractivity contribution in [3.63, 3.8) is 0 Å². The van der Waals surface area contributed by atoms with Crippen LogP contribution in [0.2, 0.25) is 0 Å². The van der Waals surface area contributed by atoms with Gasteiger partial charge >= 0.3 is 0 Å². The molecule has 0 saturated carbocycles. The van der Waals surface area contributed by atoms with E-state index < -0.39 is 6.04 Å². The van der Waals surface area contributed by atoms with E-state index in [1.807, 2.05) is 49.4 Å². The average Bonchev–Trinajstić information content (AvgIpc) is 3.23. The molecule has 0 spiro atoms. The lowest BCUT2D eigenvalue weighted by Gasteiger charge is -2.28. The highest BCUT2D eigenvalue weighted by Crippen LogP contribution is 2.43. The Kier molecular flexibility index (Phi) is 7.63. The Labute approximate surface area is 212 Å². The highest BCUT2D eigenvalue weighted by Gasteiger charge is 2.33. The number of fused-ring (bicyclic) bond motifs is 1. The fourth-order valence-electron chi connectivity index (χ4n) is 3.92. The summed E-state index contributed by atoms with van der Waals surface area (Å²) in [6.45, 7) is 6.00. The molecule has 1 aliphatic heterocycles. The van der Waals surface area contributed by atoms with Crippen molar-refractivity contribution >= 4 is 39.4 Å². The highest BCUT2D eigenvalue weighted by molar-refractivity contribution is 9.10. The summed E-state index contributed by atoms with van der Waals surface area (Å²) in [5.74, 6) is 2.69. The predicted octanol–water partition coefficient (Wildman–Crippen LogP) is 6.01. The molecule has 34 heavy (non-hydrogen) atoms. The number of carbonyl (C=O) groups is 1. The summed E-state index contributed by atoms with van der Waals surface area (Å²) in [5.41, 5.74) is 3.31. The summed E-state index contributed by atoms with van der Waals surface area (Å²) in [6.07, 6.45) is 1.02. The summed E-state index contributed by atoms with van der Waals surface area (Å²) in [7, 11) is 1.61. The van der Waals surface area contributed by atoms with E-state index in [9.17, 15) is 4.79 Å². The van der Waals surface area contributed by atoms with Gasteiger partial charge in [0.1, 0.15) is 12.6 Å². The Morgan fingerprint density at radius 3 is 2.71 bits per heavy atom. The zero-order chi connectivity index (χ0) is 24.2. The molecule has 0 bridgehead atoms. The molecule has 2 heterocycles. The van der Waals surface area contributed by atoms with E-state index in [4.69, 9.17) is 14.6 Å². The van der Waals surface area contributed by atoms with Crippen molar-refractivity contribution in [1.82, 2.24) is 14.8 Å². The fourth-order valence-corrected chi connectivity index (χ4v) is 5.18. The van der Waals surface area contributed by atoms with Gasteiger partial charge in [-0.2, -0.15) is 4.98 Å². The zero-order valence-electron chi connectivity index (χ0n) is 19.6. The number of benzene rings is 2. The molecule has 2 aromatic carbocycles. The third-order valence-electron chi connectivity index (χ3n) is 5.44. The number of ether oxygens (including phenoxy) is 2. The van der Waals surface area contributed by atoms with Crippen LogP contribution in [0.4, 0.5) is 5.95 Å². The van der Waals surface area contributed by atoms with Crippen LogP contribution in [0.3, 0.4) is 0 Å². The molecule has 3 aromatic rings. The second-order valence-corrected chi connectivity index (χ2v) is 9.86. The summed E-state index contributed by atoms with van der Waals surface area (Å²) in [5, 5.41) is 8.66. The second-order valence-electron chi connectivity index (χ2n) is 7.94. The molecular formula is C25H27BrN4O3S. The Balaban J connectivity index is 1.75. The molecule has 9 heteroatoms. The number of Topliss-reactive ketones (excluding diaryl/α,β-unsaturated/α-hetero) is 1. The van der Waals surface area contributed by atoms with Gasteiger partial charge in [0, 0.05) is 17.0 Å². The molecule has 1 unspecified atom stereocenters. The molecule has 7 nitrogen and oxygen atoms in total. The molecule has 0 amide bonds. The summed E-state index contributed by atoms with van der Waals surface area (Å²) < 4.78 is 14.3. The van der Waals surface area contributed by atoms with Gasteiger partial charge in [-0.15, -0.1) is 5.10 Å². The normalized spacial score (nSPS) is 15.0. The number of anilines is 1. The first kappa shape index (κ1) is 24.3. The maximum atomic E-state index is 12.7. The third-order valence-corrected chi connectivity index (χ3v) is 7.07. The molecule has 1 aliphatic rings. The van der Waals surface area contributed by atoms with E-state index in [2.05, 4.69) is 33.2 Å². The number of rotatable bonds is 9. The number of thioether (sulfide) groups is 1. The van der Waals surface area contributed by atoms with Gasteiger partial charge in [-0.05, 0) is 59.5 Å². The lowest BCUT2D eigenvalue weighted by Crippen LogP contribution is -2.28. The van der Waals surface area contributed by atoms with Crippen molar-refractivity contribution in [2.45, 2.75) is 45.0 Å². The smallest absolute Gasteiger partial charge is 0.227 e. The molecule has 178 valence electrons. The minimum absolute atomic E-state index is 0.0293. The van der Waals surface area contributed by atoms with Crippen molar-refractivity contribution < 1.29 is 14.3 Å². The standard InChI is InChI=1S/C25H27BrN4O3S/c1-5-11-34-25-28-24-27-15(2)21(16(3)31)22(30(24)29-25)18-12-19(26)23(20(13-18)32-4)33-14-17-9-7-6-8-10-17/h6-10,12-13,22H,5,11,14H2,1-4H3,(H,27,28,29). The fraction of sp³-hybridized carbons (Fsp3) is 0.320. The molecule has 1 N–H and O–H groups in total. The monoisotopic (exact) mass is 542 g/mol. The van der Waals surface area contributed by atoms with Gasteiger partial charge in [0.25, 0.3) is 0 Å². The van der Waals surface area contributed by atoms with Crippen LogP contribution in [0.5, 0.6) is 11.5 Å². The number of hydrogen-bond donors (Lipinski definition) is 1. The number of nitrogens with one attached hydrogen (secondary N) is 1. The molecule has 0 saturated heterocycles. The van der Waals surface area contributed by atoms with E-state index >= 15 is 0 Å². The van der Waals surface area contributed by atoms with E-state index in [1.165, 1.54) is 0 Å². The van der Waals surface area contributed by atoms with E-state index in [1.54, 1.807) is 30.5 Å². The summed E-state index contributed by atoms with van der Waals surface area (Å²) >= 11 is 5.26. The number of aromatic nitrogens is 3. The zero-order valence-corrected chi connectivity index (χ0v) is 22.0. The molecule has 0 fully saturated rings. The minimum atomic E-state index is -0.439. The van der Waals surface area contributed by atoms with Crippen LogP contribution in [-0.4, -0.2) is 33.4 Å². The molecular weight excluding hydrogens is 516 g/mol. The lowest BCUT2D eigenvalue weighted by molar-refractivity contribution is -0.114. The minimum Gasteiger partial charge on any atom is -0.493 e. The predicted molar refractivity (Wildman–Crippen MR) is 138 cm³/mol. The number of carbonyl (C=O) groups excluding carboxylic acids is 1. The van der Waals surface area contributed by atoms with Crippen LogP contribution in [0.15, 0.2) is 63.4 Å². The van der Waals surface area contributed by atoms with E-state index in [0.717, 1.165) is 33.5 Å². The third kappa shape index (κ3) is 5.00. The van der Waals surface area contributed by atoms with Crippen LogP contribution in [-0.2, 0) is 11.4 Å². The Morgan fingerprint density at radius 2 is 2.03 bits per heavy atom. The largest absolute Gasteiger partial charge is 0.493 e. The van der Waals surface area contributed by atoms with Crippen LogP contribution >= 0.6 is 27.7 Å². The summed E-state index contributed by atoms with van der Waals surface area (Å²) in [4.78, 5) is 17.4. The second kappa shape index (κ2) is 10.7. The topological polar surface area (TPSA) is 78.3 Å². The van der Waals surface area contributed by atoms with Crippen LogP contribution in [0.25, 0.3) is 0 Å². The van der Waals surface area contributed by atoms with Crippen molar-refractivity contribution in [3.8, 4) is 11.5 Å². The molecule has 0 aliphatic carbocycles. The van der Waals surface area contributed by atoms with Crippen LogP contribution < -0.4 is 14.8 Å². The van der Waals surface area contributed by atoms with Crippen molar-refractivity contribution in [1.29, 1.82) is 0 Å². The van der Waals surface area contributed by atoms with E-state index in [0.29, 0.717) is 34.8 Å². The number of halogens is 1. The SMILES string of the molecule is CCCSc1nc2n(n1)C(c1cc(Br)c(OCc3ccccc3)c(OC)c1)C(C(C)=O)=C(C)N2. The Hall–Kier alpha value is -2.78. The van der Waals surface area contributed by atoms with Crippen LogP contribution in [0, 0.1) is 0 Å². The number of ketones is 1. The Morgan fingerprint density at radius 1 is 1.26 bits per heavy atom. The quantitative estimate of drug-likeness (QED) is 0.331. The van der Waals surface area contributed by atoms with Crippen molar-refractivity contribution in [2.24, 2.45) is 0 Å². The van der Waals surface area contributed by atoms with Gasteiger partial charge < -0.3 is 14.8 Å². The van der Waals surface area contributed by atoms with E-state index in [-0.39, 0.29) is 5.78 Å². The molecule has 1 atom stereocenters. The lowest BCUT2D eigenvalue weighted by atomic mass is 9.93. The molecule has 4 rings (SSSR count). The van der Waals surface area contributed by atoms with Crippen molar-refractivity contribution in [3.05, 3.63) is 69.3 Å². The Bertz CT molecular complexity index is 1230. The number of hydrogen-bond acceptors (Lipinski definition) is 7. The average molecular weight is 543 g/mol. The van der Waals surface area contributed by atoms with Gasteiger partial charge in [-0.3, -0.25) is 4.79 Å². The molecule has 1 aromatic heterocycles. The number of allylic oxidation sites excluding steroid dienone is 2. The number of nitrogens with zero attached hydrogens (tertiary/aromatic N) is 3. The van der Waals surface area contributed by atoms with Gasteiger partial charge in [-0.1, -0.05) is 49.0 Å². The first-order valence-electron chi connectivity index (χ1n) is 11.0. The van der Waals surface area contributed by atoms with Gasteiger partial charge in [0.05, 0.1) is 11.6 Å². The summed E-state index contributed by atoms with van der Waals surface area (Å²) in [6, 6.07) is 13.4. The van der Waals surface area contributed by atoms with Gasteiger partial charge in [0.15, 0.2) is 17.3 Å². The van der Waals surface area contributed by atoms with Crippen LogP contribution in [0.1, 0.15) is 44.4 Å². The maximum absolute atomic E-state index is 12.7. The first-order valence-corrected chi connectivity index (χ1v) is 12.8. The first-order chi connectivity index (χ1) is 16.4. The highest BCUT2D eigenvalue weighted by atomic mass is 79.9.